The van der Waals surface area contributed by atoms with Crippen LogP contribution in [0.25, 0.3) is 0 Å². The van der Waals surface area contributed by atoms with Crippen LogP contribution in [-0.2, 0) is 22.5 Å². The van der Waals surface area contributed by atoms with Gasteiger partial charge in [-0.1, -0.05) is 30.3 Å². The monoisotopic (exact) mass is 285 g/mol. The lowest BCUT2D eigenvalue weighted by Gasteiger charge is -2.14. The van der Waals surface area contributed by atoms with Crippen molar-refractivity contribution in [3.05, 3.63) is 58.9 Å². The van der Waals surface area contributed by atoms with Gasteiger partial charge in [-0.15, -0.1) is 0 Å². The second-order valence-electron chi connectivity index (χ2n) is 5.23. The van der Waals surface area contributed by atoms with E-state index in [-0.39, 0.29) is 5.75 Å². The fourth-order valence-electron chi connectivity index (χ4n) is 2.52. The fraction of sp³-hybridized carbons (Fsp3) is 0.353. The third-order valence-electron chi connectivity index (χ3n) is 3.71. The zero-order chi connectivity index (χ0) is 14.7. The molecule has 1 aromatic carbocycles. The van der Waals surface area contributed by atoms with Gasteiger partial charge in [-0.05, 0) is 25.3 Å². The lowest BCUT2D eigenvalue weighted by atomic mass is 10.1. The molecule has 0 saturated heterocycles. The van der Waals surface area contributed by atoms with Crippen LogP contribution in [0.4, 0.5) is 0 Å². The molecule has 2 aromatic rings. The Hall–Kier alpha value is -1.91. The first-order valence-electron chi connectivity index (χ1n) is 7.20. The molecule has 1 N–H and O–H groups in total. The molecule has 0 bridgehead atoms. The summed E-state index contributed by atoms with van der Waals surface area (Å²) in [5, 5.41) is 10.1. The van der Waals surface area contributed by atoms with E-state index in [2.05, 4.69) is 17.1 Å². The average Bonchev–Trinajstić information content (AvgIpc) is 2.92. The Balaban J connectivity index is 1.55. The van der Waals surface area contributed by atoms with Gasteiger partial charge in [-0.25, -0.2) is 0 Å². The molecule has 110 valence electrons. The maximum Gasteiger partial charge on any atom is 0.188 e. The van der Waals surface area contributed by atoms with Crippen molar-refractivity contribution in [3.8, 4) is 5.75 Å². The molecule has 1 aliphatic rings. The number of hydrogen-bond acceptors (Lipinski definition) is 4. The van der Waals surface area contributed by atoms with E-state index in [0.717, 1.165) is 24.0 Å². The number of aryl methyl sites for hydroxylation is 2. The van der Waals surface area contributed by atoms with Gasteiger partial charge in [0.25, 0.3) is 0 Å². The zero-order valence-corrected chi connectivity index (χ0v) is 12.1. The molecule has 1 atom stereocenters. The summed E-state index contributed by atoms with van der Waals surface area (Å²) in [5.41, 5.74) is 3.56. The van der Waals surface area contributed by atoms with Crippen LogP contribution >= 0.6 is 0 Å². The molecule has 1 aromatic heterocycles. The summed E-state index contributed by atoms with van der Waals surface area (Å²) in [6.07, 6.45) is 3.17. The maximum atomic E-state index is 10.1. The average molecular weight is 285 g/mol. The van der Waals surface area contributed by atoms with Crippen molar-refractivity contribution in [1.29, 1.82) is 0 Å². The van der Waals surface area contributed by atoms with Crippen LogP contribution in [0, 0.1) is 6.92 Å². The minimum atomic E-state index is -0.475. The molecule has 1 aliphatic heterocycles. The van der Waals surface area contributed by atoms with Crippen molar-refractivity contribution in [3.63, 3.8) is 0 Å². The smallest absolute Gasteiger partial charge is 0.188 e. The number of aromatic hydroxyl groups is 1. The van der Waals surface area contributed by atoms with Gasteiger partial charge in [0.1, 0.15) is 5.75 Å². The van der Waals surface area contributed by atoms with Crippen LogP contribution in [0.5, 0.6) is 5.75 Å². The zero-order valence-electron chi connectivity index (χ0n) is 12.1. The van der Waals surface area contributed by atoms with Crippen LogP contribution in [0.1, 0.15) is 35.1 Å². The minimum Gasteiger partial charge on any atom is -0.506 e. The van der Waals surface area contributed by atoms with Crippen LogP contribution in [0.2, 0.25) is 0 Å². The van der Waals surface area contributed by atoms with Crippen LogP contribution in [0.3, 0.4) is 0 Å². The highest BCUT2D eigenvalue weighted by Gasteiger charge is 2.28. The molecule has 4 nitrogen and oxygen atoms in total. The van der Waals surface area contributed by atoms with E-state index >= 15 is 0 Å². The standard InChI is InChI=1S/C17H19NO3/c1-12-16(19)15-14(10-18-12)11-21-17(15)20-9-5-8-13-6-3-2-4-7-13/h2-4,6-7,10,17,19H,5,8-9,11H2,1H3. The van der Waals surface area contributed by atoms with Gasteiger partial charge in [0, 0.05) is 11.8 Å². The Morgan fingerprint density at radius 2 is 2.14 bits per heavy atom. The van der Waals surface area contributed by atoms with E-state index in [0.29, 0.717) is 18.9 Å². The summed E-state index contributed by atoms with van der Waals surface area (Å²) in [6, 6.07) is 10.3. The predicted octanol–water partition coefficient (Wildman–Crippen LogP) is 3.27. The van der Waals surface area contributed by atoms with E-state index in [9.17, 15) is 5.11 Å². The van der Waals surface area contributed by atoms with Crippen molar-refractivity contribution in [2.24, 2.45) is 0 Å². The molecule has 1 unspecified atom stereocenters. The first-order valence-corrected chi connectivity index (χ1v) is 7.20. The van der Waals surface area contributed by atoms with E-state index in [1.54, 1.807) is 13.1 Å². The topological polar surface area (TPSA) is 51.6 Å². The molecule has 21 heavy (non-hydrogen) atoms. The number of rotatable bonds is 5. The molecule has 0 aliphatic carbocycles. The lowest BCUT2D eigenvalue weighted by molar-refractivity contribution is -0.139. The van der Waals surface area contributed by atoms with Gasteiger partial charge in [0.05, 0.1) is 24.5 Å². The summed E-state index contributed by atoms with van der Waals surface area (Å²) in [5.74, 6) is 0.193. The molecule has 4 heteroatoms. The van der Waals surface area contributed by atoms with E-state index < -0.39 is 6.29 Å². The molecule has 2 heterocycles. The summed E-state index contributed by atoms with van der Waals surface area (Å²) >= 11 is 0. The Labute approximate surface area is 124 Å². The number of hydrogen-bond donors (Lipinski definition) is 1. The number of ether oxygens (including phenoxy) is 2. The van der Waals surface area contributed by atoms with Gasteiger partial charge >= 0.3 is 0 Å². The van der Waals surface area contributed by atoms with Crippen molar-refractivity contribution in [2.45, 2.75) is 32.7 Å². The summed E-state index contributed by atoms with van der Waals surface area (Å²) in [6.45, 7) is 2.82. The summed E-state index contributed by atoms with van der Waals surface area (Å²) < 4.78 is 11.4. The highest BCUT2D eigenvalue weighted by Crippen LogP contribution is 2.38. The maximum absolute atomic E-state index is 10.1. The van der Waals surface area contributed by atoms with Crippen molar-refractivity contribution in [1.82, 2.24) is 4.98 Å². The number of fused-ring (bicyclic) bond motifs is 1. The van der Waals surface area contributed by atoms with Crippen molar-refractivity contribution < 1.29 is 14.6 Å². The van der Waals surface area contributed by atoms with E-state index in [4.69, 9.17) is 9.47 Å². The predicted molar refractivity (Wildman–Crippen MR) is 78.9 cm³/mol. The molecule has 0 spiro atoms. The molecule has 0 radical (unpaired) electrons. The normalized spacial score (nSPS) is 16.9. The third kappa shape index (κ3) is 3.06. The first-order chi connectivity index (χ1) is 10.3. The van der Waals surface area contributed by atoms with Crippen molar-refractivity contribution in [2.75, 3.05) is 6.61 Å². The Bertz CT molecular complexity index is 613. The minimum absolute atomic E-state index is 0.193. The molecule has 0 fully saturated rings. The number of nitrogens with zero attached hydrogens (tertiary/aromatic N) is 1. The Kier molecular flexibility index (Phi) is 4.18. The molecular weight excluding hydrogens is 266 g/mol. The molecule has 0 amide bonds. The van der Waals surface area contributed by atoms with Gasteiger partial charge in [-0.3, -0.25) is 4.98 Å². The van der Waals surface area contributed by atoms with Crippen LogP contribution in [-0.4, -0.2) is 16.7 Å². The largest absolute Gasteiger partial charge is 0.506 e. The molecular formula is C17H19NO3. The summed E-state index contributed by atoms with van der Waals surface area (Å²) in [7, 11) is 0. The van der Waals surface area contributed by atoms with Gasteiger partial charge in [0.2, 0.25) is 0 Å². The van der Waals surface area contributed by atoms with E-state index in [1.165, 1.54) is 5.56 Å². The number of aromatic nitrogens is 1. The molecule has 0 saturated carbocycles. The second-order valence-corrected chi connectivity index (χ2v) is 5.23. The number of benzene rings is 1. The second kappa shape index (κ2) is 6.24. The van der Waals surface area contributed by atoms with Crippen molar-refractivity contribution >= 4 is 0 Å². The summed E-state index contributed by atoms with van der Waals surface area (Å²) in [4.78, 5) is 4.14. The first kappa shape index (κ1) is 14.0. The quantitative estimate of drug-likeness (QED) is 0.857. The molecule has 3 rings (SSSR count). The highest BCUT2D eigenvalue weighted by atomic mass is 16.7. The van der Waals surface area contributed by atoms with Gasteiger partial charge < -0.3 is 14.6 Å². The van der Waals surface area contributed by atoms with E-state index in [1.807, 2.05) is 18.2 Å². The Morgan fingerprint density at radius 1 is 1.33 bits per heavy atom. The van der Waals surface area contributed by atoms with Gasteiger partial charge in [0.15, 0.2) is 6.29 Å². The Morgan fingerprint density at radius 3 is 2.95 bits per heavy atom. The third-order valence-corrected chi connectivity index (χ3v) is 3.71. The van der Waals surface area contributed by atoms with Gasteiger partial charge in [-0.2, -0.15) is 0 Å². The number of pyridine rings is 1. The fourth-order valence-corrected chi connectivity index (χ4v) is 2.52. The van der Waals surface area contributed by atoms with Crippen LogP contribution < -0.4 is 0 Å². The van der Waals surface area contributed by atoms with Crippen LogP contribution in [0.15, 0.2) is 36.5 Å². The highest BCUT2D eigenvalue weighted by molar-refractivity contribution is 5.43. The lowest BCUT2D eigenvalue weighted by Crippen LogP contribution is -2.05. The SMILES string of the molecule is Cc1ncc2c(c1O)C(OCCCc1ccccc1)OC2.